The summed E-state index contributed by atoms with van der Waals surface area (Å²) in [6, 6.07) is 5.49. The van der Waals surface area contributed by atoms with Crippen molar-refractivity contribution in [2.75, 3.05) is 0 Å². The van der Waals surface area contributed by atoms with Gasteiger partial charge >= 0.3 is 0 Å². The van der Waals surface area contributed by atoms with Gasteiger partial charge in [0, 0.05) is 23.3 Å². The predicted octanol–water partition coefficient (Wildman–Crippen LogP) is 2.48. The highest BCUT2D eigenvalue weighted by atomic mass is 32.1. The number of hydrazine groups is 1. The summed E-state index contributed by atoms with van der Waals surface area (Å²) in [5.41, 5.74) is 8.28. The number of carbonyl (C=O) groups is 2. The molecular formula is C21H22N4O3S. The molecule has 3 aromatic rings. The molecule has 3 N–H and O–H groups in total. The van der Waals surface area contributed by atoms with Crippen LogP contribution in [0.3, 0.4) is 0 Å². The Morgan fingerprint density at radius 1 is 1.21 bits per heavy atom. The van der Waals surface area contributed by atoms with Gasteiger partial charge in [-0.3, -0.25) is 25.2 Å². The quantitative estimate of drug-likeness (QED) is 0.575. The Bertz CT molecular complexity index is 1180. The molecule has 1 aliphatic carbocycles. The molecule has 0 saturated carbocycles. The smallest absolute Gasteiger partial charge is 0.269 e. The Hall–Kier alpha value is -3.00. The van der Waals surface area contributed by atoms with Gasteiger partial charge in [0.1, 0.15) is 10.7 Å². The monoisotopic (exact) mass is 410 g/mol. The number of amides is 2. The van der Waals surface area contributed by atoms with Crippen LogP contribution in [0, 0.1) is 13.8 Å². The van der Waals surface area contributed by atoms with Gasteiger partial charge in [-0.2, -0.15) is 0 Å². The highest BCUT2D eigenvalue weighted by Gasteiger charge is 2.21. The van der Waals surface area contributed by atoms with E-state index in [1.807, 2.05) is 26.0 Å². The summed E-state index contributed by atoms with van der Waals surface area (Å²) in [5.74, 6) is -0.227. The third kappa shape index (κ3) is 3.93. The number of hydrogen-bond donors (Lipinski definition) is 3. The zero-order chi connectivity index (χ0) is 20.5. The SMILES string of the molecule is Cc1ccc(C(=O)NNC(=O)CCc2nc3sc4c(c3c(=O)[nH]2)CCC4)c(C)c1. The first-order valence-electron chi connectivity index (χ1n) is 9.62. The van der Waals surface area contributed by atoms with E-state index in [-0.39, 0.29) is 23.8 Å². The number of hydrogen-bond acceptors (Lipinski definition) is 5. The van der Waals surface area contributed by atoms with E-state index in [9.17, 15) is 14.4 Å². The van der Waals surface area contributed by atoms with Gasteiger partial charge < -0.3 is 4.98 Å². The lowest BCUT2D eigenvalue weighted by Gasteiger charge is -2.09. The fourth-order valence-corrected chi connectivity index (χ4v) is 5.00. The fraction of sp³-hybridized carbons (Fsp3) is 0.333. The first-order valence-corrected chi connectivity index (χ1v) is 10.4. The van der Waals surface area contributed by atoms with E-state index in [1.54, 1.807) is 17.4 Å². The molecule has 0 aliphatic heterocycles. The van der Waals surface area contributed by atoms with Crippen molar-refractivity contribution in [1.82, 2.24) is 20.8 Å². The van der Waals surface area contributed by atoms with Crippen molar-refractivity contribution in [2.24, 2.45) is 0 Å². The number of H-pyrrole nitrogens is 1. The van der Waals surface area contributed by atoms with Gasteiger partial charge in [-0.25, -0.2) is 4.98 Å². The predicted molar refractivity (Wildman–Crippen MR) is 112 cm³/mol. The lowest BCUT2D eigenvalue weighted by Crippen LogP contribution is -2.42. The van der Waals surface area contributed by atoms with Gasteiger partial charge in [-0.15, -0.1) is 11.3 Å². The van der Waals surface area contributed by atoms with E-state index < -0.39 is 0 Å². The first-order chi connectivity index (χ1) is 13.9. The second kappa shape index (κ2) is 7.79. The van der Waals surface area contributed by atoms with Crippen LogP contribution >= 0.6 is 11.3 Å². The molecule has 2 heterocycles. The van der Waals surface area contributed by atoms with Gasteiger partial charge in [0.15, 0.2) is 0 Å². The maximum absolute atomic E-state index is 12.4. The second-order valence-electron chi connectivity index (χ2n) is 7.37. The fourth-order valence-electron chi connectivity index (χ4n) is 3.72. The molecule has 0 unspecified atom stereocenters. The van der Waals surface area contributed by atoms with Gasteiger partial charge in [0.25, 0.3) is 11.5 Å². The molecule has 0 radical (unpaired) electrons. The zero-order valence-electron chi connectivity index (χ0n) is 16.3. The van der Waals surface area contributed by atoms with Crippen LogP contribution < -0.4 is 16.4 Å². The van der Waals surface area contributed by atoms with Crippen molar-refractivity contribution in [3.63, 3.8) is 0 Å². The molecular weight excluding hydrogens is 388 g/mol. The van der Waals surface area contributed by atoms with Crippen molar-refractivity contribution in [1.29, 1.82) is 0 Å². The molecule has 0 atom stereocenters. The van der Waals surface area contributed by atoms with E-state index in [1.165, 1.54) is 4.88 Å². The largest absolute Gasteiger partial charge is 0.310 e. The number of thiophene rings is 1. The molecule has 1 aromatic carbocycles. The number of benzene rings is 1. The summed E-state index contributed by atoms with van der Waals surface area (Å²) in [4.78, 5) is 46.1. The molecule has 0 spiro atoms. The standard InChI is InChI=1S/C21H22N4O3S/c1-11-6-7-13(12(2)10-11)19(27)25-24-17(26)9-8-16-22-20(28)18-14-4-3-5-15(14)29-21(18)23-16/h6-7,10H,3-5,8-9H2,1-2H3,(H,24,26)(H,25,27)(H,22,23,28). The van der Waals surface area contributed by atoms with Crippen LogP contribution in [-0.4, -0.2) is 21.8 Å². The van der Waals surface area contributed by atoms with E-state index in [4.69, 9.17) is 0 Å². The molecule has 29 heavy (non-hydrogen) atoms. The van der Waals surface area contributed by atoms with Crippen molar-refractivity contribution >= 4 is 33.4 Å². The summed E-state index contributed by atoms with van der Waals surface area (Å²) in [6.45, 7) is 3.80. The Morgan fingerprint density at radius 2 is 2.03 bits per heavy atom. The molecule has 150 valence electrons. The molecule has 0 fully saturated rings. The van der Waals surface area contributed by atoms with Crippen LogP contribution in [0.15, 0.2) is 23.0 Å². The number of fused-ring (bicyclic) bond motifs is 3. The summed E-state index contributed by atoms with van der Waals surface area (Å²) in [6.07, 6.45) is 3.42. The minimum atomic E-state index is -0.364. The van der Waals surface area contributed by atoms with Crippen LogP contribution in [0.2, 0.25) is 0 Å². The third-order valence-corrected chi connectivity index (χ3v) is 6.34. The molecule has 4 rings (SSSR count). The van der Waals surface area contributed by atoms with E-state index in [2.05, 4.69) is 20.8 Å². The molecule has 0 bridgehead atoms. The summed E-state index contributed by atoms with van der Waals surface area (Å²) in [7, 11) is 0. The Morgan fingerprint density at radius 3 is 2.83 bits per heavy atom. The first kappa shape index (κ1) is 19.3. The second-order valence-corrected chi connectivity index (χ2v) is 8.45. The number of carbonyl (C=O) groups excluding carboxylic acids is 2. The van der Waals surface area contributed by atoms with Crippen molar-refractivity contribution in [3.8, 4) is 0 Å². The average Bonchev–Trinajstić information content (AvgIpc) is 3.25. The van der Waals surface area contributed by atoms with Crippen molar-refractivity contribution in [3.05, 3.63) is 61.5 Å². The van der Waals surface area contributed by atoms with Gasteiger partial charge in [-0.1, -0.05) is 17.7 Å². The van der Waals surface area contributed by atoms with Crippen molar-refractivity contribution < 1.29 is 9.59 Å². The van der Waals surface area contributed by atoms with Gasteiger partial charge in [0.05, 0.1) is 5.39 Å². The maximum Gasteiger partial charge on any atom is 0.269 e. The Kier molecular flexibility index (Phi) is 5.19. The zero-order valence-corrected chi connectivity index (χ0v) is 17.2. The maximum atomic E-state index is 12.4. The highest BCUT2D eigenvalue weighted by molar-refractivity contribution is 7.18. The summed E-state index contributed by atoms with van der Waals surface area (Å²) >= 11 is 1.57. The number of rotatable bonds is 4. The van der Waals surface area contributed by atoms with Gasteiger partial charge in [0.2, 0.25) is 5.91 Å². The third-order valence-electron chi connectivity index (χ3n) is 5.15. The molecule has 1 aliphatic rings. The van der Waals surface area contributed by atoms with Crippen LogP contribution in [-0.2, 0) is 24.1 Å². The van der Waals surface area contributed by atoms with Crippen molar-refractivity contribution in [2.45, 2.75) is 46.0 Å². The highest BCUT2D eigenvalue weighted by Crippen LogP contribution is 2.34. The lowest BCUT2D eigenvalue weighted by molar-refractivity contribution is -0.121. The molecule has 0 saturated heterocycles. The molecule has 2 amide bonds. The molecule has 2 aromatic heterocycles. The number of aromatic nitrogens is 2. The minimum Gasteiger partial charge on any atom is -0.310 e. The summed E-state index contributed by atoms with van der Waals surface area (Å²) in [5, 5.41) is 0.705. The van der Waals surface area contributed by atoms with Crippen LogP contribution in [0.4, 0.5) is 0 Å². The van der Waals surface area contributed by atoms with E-state index in [0.717, 1.165) is 40.8 Å². The number of aryl methyl sites for hydroxylation is 5. The minimum absolute atomic E-state index is 0.104. The topological polar surface area (TPSA) is 104 Å². The Labute approximate surface area is 171 Å². The van der Waals surface area contributed by atoms with Gasteiger partial charge in [-0.05, 0) is 50.3 Å². The summed E-state index contributed by atoms with van der Waals surface area (Å²) < 4.78 is 0. The normalized spacial score (nSPS) is 12.8. The number of nitrogens with one attached hydrogen (secondary N) is 3. The lowest BCUT2D eigenvalue weighted by atomic mass is 10.1. The average molecular weight is 410 g/mol. The van der Waals surface area contributed by atoms with Crippen LogP contribution in [0.25, 0.3) is 10.2 Å². The van der Waals surface area contributed by atoms with E-state index in [0.29, 0.717) is 23.2 Å². The molecule has 8 heteroatoms. The molecule has 7 nitrogen and oxygen atoms in total. The van der Waals surface area contributed by atoms with E-state index >= 15 is 0 Å². The number of nitrogens with zero attached hydrogens (tertiary/aromatic N) is 1. The van der Waals surface area contributed by atoms with Crippen LogP contribution in [0.5, 0.6) is 0 Å². The number of aromatic amines is 1. The van der Waals surface area contributed by atoms with Crippen LogP contribution in [0.1, 0.15) is 50.6 Å². The Balaban J connectivity index is 1.36.